The lowest BCUT2D eigenvalue weighted by atomic mass is 9.98. The van der Waals surface area contributed by atoms with E-state index < -0.39 is 29.3 Å². The molecule has 4 heterocycles. The smallest absolute Gasteiger partial charge is 0.355 e. The molecule has 1 unspecified atom stereocenters. The summed E-state index contributed by atoms with van der Waals surface area (Å²) >= 11 is 1.07. The second-order valence-corrected chi connectivity index (χ2v) is 10.4. The predicted octanol–water partition coefficient (Wildman–Crippen LogP) is 3.01. The van der Waals surface area contributed by atoms with Crippen molar-refractivity contribution < 1.29 is 33.9 Å². The molecule has 0 aliphatic carbocycles. The molecular weight excluding hydrogens is 524 g/mol. The summed E-state index contributed by atoms with van der Waals surface area (Å²) in [5, 5.41) is 25.0. The number of aromatic nitrogens is 2. The summed E-state index contributed by atoms with van der Waals surface area (Å²) in [6, 6.07) is 14.9. The molecule has 3 amide bonds. The predicted molar refractivity (Wildman–Crippen MR) is 137 cm³/mol. The number of nitrogens with zero attached hydrogens (tertiary/aromatic N) is 4. The third-order valence-corrected chi connectivity index (χ3v) is 8.00. The largest absolute Gasteiger partial charge is 0.476 e. The lowest BCUT2D eigenvalue weighted by Gasteiger charge is -2.16. The van der Waals surface area contributed by atoms with Gasteiger partial charge in [-0.3, -0.25) is 19.3 Å². The Hall–Kier alpha value is -4.68. The monoisotopic (exact) mass is 544 g/mol. The second-order valence-electron chi connectivity index (χ2n) is 9.33. The topological polar surface area (TPSA) is 154 Å². The van der Waals surface area contributed by atoms with Crippen molar-refractivity contribution in [3.63, 3.8) is 0 Å². The average molecular weight is 545 g/mol. The zero-order chi connectivity index (χ0) is 27.5. The van der Waals surface area contributed by atoms with Crippen molar-refractivity contribution in [1.82, 2.24) is 19.9 Å². The number of aromatic carboxylic acids is 1. The van der Waals surface area contributed by atoms with Crippen LogP contribution in [0.25, 0.3) is 21.8 Å². The normalized spacial score (nSPS) is 18.8. The minimum Gasteiger partial charge on any atom is -0.476 e. The van der Waals surface area contributed by atoms with Crippen molar-refractivity contribution in [3.8, 4) is 21.8 Å². The molecule has 12 heteroatoms. The quantitative estimate of drug-likeness (QED) is 0.349. The molecule has 2 aromatic carbocycles. The number of carbonyl (C=O) groups is 4. The van der Waals surface area contributed by atoms with Crippen molar-refractivity contribution in [2.24, 2.45) is 0 Å². The minimum atomic E-state index is -1.78. The summed E-state index contributed by atoms with van der Waals surface area (Å²) in [6.45, 7) is 0.166. The Morgan fingerprint density at radius 1 is 1.05 bits per heavy atom. The lowest BCUT2D eigenvalue weighted by Crippen LogP contribution is -2.35. The fourth-order valence-corrected chi connectivity index (χ4v) is 5.81. The van der Waals surface area contributed by atoms with Crippen LogP contribution in [-0.4, -0.2) is 67.4 Å². The van der Waals surface area contributed by atoms with Crippen molar-refractivity contribution in [3.05, 3.63) is 82.1 Å². The molecule has 0 saturated carbocycles. The van der Waals surface area contributed by atoms with E-state index in [1.54, 1.807) is 55.6 Å². The van der Waals surface area contributed by atoms with Gasteiger partial charge in [0, 0.05) is 37.2 Å². The van der Waals surface area contributed by atoms with E-state index in [-0.39, 0.29) is 40.4 Å². The Balaban J connectivity index is 1.30. The Kier molecular flexibility index (Phi) is 5.66. The fraction of sp³-hybridized carbons (Fsp3) is 0.185. The number of hydrogen-bond acceptors (Lipinski definition) is 9. The third-order valence-electron chi connectivity index (χ3n) is 6.91. The molecule has 39 heavy (non-hydrogen) atoms. The minimum absolute atomic E-state index is 0.0443. The molecule has 2 aliphatic heterocycles. The highest BCUT2D eigenvalue weighted by atomic mass is 32.1. The van der Waals surface area contributed by atoms with Gasteiger partial charge in [0.1, 0.15) is 10.7 Å². The van der Waals surface area contributed by atoms with Crippen LogP contribution >= 0.6 is 11.3 Å². The van der Waals surface area contributed by atoms with E-state index in [1.165, 1.54) is 11.0 Å². The number of likely N-dealkylation sites (N-methyl/N-ethyl adjacent to an activating group) is 1. The highest BCUT2D eigenvalue weighted by molar-refractivity contribution is 7.15. The molecule has 2 aromatic heterocycles. The number of fused-ring (bicyclic) bond motifs is 1. The summed E-state index contributed by atoms with van der Waals surface area (Å²) in [5.74, 6) is -2.67. The number of carbonyl (C=O) groups excluding carboxylic acids is 3. The number of rotatable bonds is 6. The zero-order valence-electron chi connectivity index (χ0n) is 20.5. The van der Waals surface area contributed by atoms with Crippen LogP contribution in [0, 0.1) is 0 Å². The van der Waals surface area contributed by atoms with Crippen LogP contribution in [0.5, 0.6) is 0 Å². The summed E-state index contributed by atoms with van der Waals surface area (Å²) in [5.41, 5.74) is 0.0874. The molecule has 196 valence electrons. The molecule has 1 atom stereocenters. The van der Waals surface area contributed by atoms with Gasteiger partial charge in [-0.2, -0.15) is 0 Å². The molecule has 1 fully saturated rings. The Labute approximate surface area is 224 Å². The standard InChI is InChI=1S/C27H20N4O7S/c1-30-10-9-27(37,26(30)36)20-12-18(29-38-20)14-5-4-6-15(11-14)22-28-21(25(34)35)19(39-22)13-31-23(32)16-7-2-3-8-17(16)24(31)33/h2-8,11-12,37H,9-10,13H2,1H3,(H,34,35). The maximum Gasteiger partial charge on any atom is 0.355 e. The number of imide groups is 1. The Morgan fingerprint density at radius 3 is 2.38 bits per heavy atom. The summed E-state index contributed by atoms with van der Waals surface area (Å²) in [7, 11) is 1.60. The average Bonchev–Trinajstić information content (AvgIpc) is 3.71. The van der Waals surface area contributed by atoms with Crippen LogP contribution in [-0.2, 0) is 16.9 Å². The van der Waals surface area contributed by atoms with E-state index in [4.69, 9.17) is 4.52 Å². The molecule has 4 aromatic rings. The van der Waals surface area contributed by atoms with Crippen LogP contribution in [0.4, 0.5) is 0 Å². The van der Waals surface area contributed by atoms with Gasteiger partial charge >= 0.3 is 5.97 Å². The molecular formula is C27H20N4O7S. The van der Waals surface area contributed by atoms with E-state index in [1.807, 2.05) is 0 Å². The summed E-state index contributed by atoms with van der Waals surface area (Å²) < 4.78 is 5.34. The van der Waals surface area contributed by atoms with Crippen LogP contribution in [0.1, 0.15) is 48.3 Å². The van der Waals surface area contributed by atoms with Gasteiger partial charge in [-0.1, -0.05) is 35.5 Å². The SMILES string of the molecule is CN1CCC(O)(c2cc(-c3cccc(-c4nc(C(=O)O)c(CN5C(=O)c6ccccc6C5=O)s4)c3)no2)C1=O. The van der Waals surface area contributed by atoms with Gasteiger partial charge in [0.15, 0.2) is 11.5 Å². The molecule has 0 radical (unpaired) electrons. The van der Waals surface area contributed by atoms with E-state index in [2.05, 4.69) is 10.1 Å². The molecule has 1 saturated heterocycles. The van der Waals surface area contributed by atoms with Crippen molar-refractivity contribution in [2.75, 3.05) is 13.6 Å². The number of likely N-dealkylation sites (tertiary alicyclic amines) is 1. The van der Waals surface area contributed by atoms with Crippen LogP contribution in [0.3, 0.4) is 0 Å². The van der Waals surface area contributed by atoms with E-state index >= 15 is 0 Å². The third kappa shape index (κ3) is 3.92. The van der Waals surface area contributed by atoms with Crippen LogP contribution in [0.15, 0.2) is 59.1 Å². The Morgan fingerprint density at radius 2 is 1.74 bits per heavy atom. The van der Waals surface area contributed by atoms with Gasteiger partial charge in [-0.25, -0.2) is 9.78 Å². The maximum atomic E-state index is 12.8. The number of carboxylic acids is 1. The molecule has 11 nitrogen and oxygen atoms in total. The first-order chi connectivity index (χ1) is 18.7. The van der Waals surface area contributed by atoms with E-state index in [0.717, 1.165) is 16.2 Å². The number of thiazole rings is 1. The van der Waals surface area contributed by atoms with Crippen LogP contribution in [0.2, 0.25) is 0 Å². The van der Waals surface area contributed by atoms with Gasteiger partial charge in [0.05, 0.1) is 22.5 Å². The highest BCUT2D eigenvalue weighted by Crippen LogP contribution is 2.37. The number of carboxylic acid groups (broad SMARTS) is 1. The molecule has 0 spiro atoms. The molecule has 2 N–H and O–H groups in total. The maximum absolute atomic E-state index is 12.8. The van der Waals surface area contributed by atoms with Crippen molar-refractivity contribution in [2.45, 2.75) is 18.6 Å². The van der Waals surface area contributed by atoms with E-state index in [0.29, 0.717) is 28.4 Å². The first-order valence-electron chi connectivity index (χ1n) is 11.9. The fourth-order valence-electron chi connectivity index (χ4n) is 4.78. The number of hydrogen-bond donors (Lipinski definition) is 2. The molecule has 0 bridgehead atoms. The number of amides is 3. The lowest BCUT2D eigenvalue weighted by molar-refractivity contribution is -0.144. The van der Waals surface area contributed by atoms with Gasteiger partial charge in [0.25, 0.3) is 17.7 Å². The summed E-state index contributed by atoms with van der Waals surface area (Å²) in [6.07, 6.45) is 0.184. The first-order valence-corrected chi connectivity index (χ1v) is 12.7. The van der Waals surface area contributed by atoms with Gasteiger partial charge in [-0.05, 0) is 18.2 Å². The van der Waals surface area contributed by atoms with Crippen molar-refractivity contribution in [1.29, 1.82) is 0 Å². The molecule has 2 aliphatic rings. The van der Waals surface area contributed by atoms with Crippen LogP contribution < -0.4 is 0 Å². The van der Waals surface area contributed by atoms with Gasteiger partial charge in [0.2, 0.25) is 5.60 Å². The van der Waals surface area contributed by atoms with Gasteiger partial charge in [-0.15, -0.1) is 11.3 Å². The Bertz CT molecular complexity index is 1660. The highest BCUT2D eigenvalue weighted by Gasteiger charge is 2.48. The van der Waals surface area contributed by atoms with Crippen molar-refractivity contribution >= 4 is 35.0 Å². The second kappa shape index (κ2) is 8.96. The molecule has 6 rings (SSSR count). The van der Waals surface area contributed by atoms with E-state index in [9.17, 15) is 29.4 Å². The zero-order valence-corrected chi connectivity index (χ0v) is 21.3. The first kappa shape index (κ1) is 24.6. The summed E-state index contributed by atoms with van der Waals surface area (Å²) in [4.78, 5) is 57.0. The number of aliphatic hydroxyl groups is 1. The van der Waals surface area contributed by atoms with Gasteiger partial charge < -0.3 is 19.6 Å². The number of benzene rings is 2.